The normalized spacial score (nSPS) is 23.9. The molecular weight excluding hydrogens is 417 g/mol. The van der Waals surface area contributed by atoms with E-state index in [0.29, 0.717) is 29.4 Å². The van der Waals surface area contributed by atoms with Crippen molar-refractivity contribution in [1.82, 2.24) is 0 Å². The van der Waals surface area contributed by atoms with Crippen molar-refractivity contribution in [2.75, 3.05) is 6.61 Å². The van der Waals surface area contributed by atoms with E-state index in [9.17, 15) is 18.7 Å². The first-order valence-electron chi connectivity index (χ1n) is 11.4. The van der Waals surface area contributed by atoms with Crippen LogP contribution in [-0.4, -0.2) is 23.4 Å². The van der Waals surface area contributed by atoms with Crippen molar-refractivity contribution in [3.8, 4) is 5.75 Å². The number of ether oxygens (including phenoxy) is 1. The first-order valence-corrected chi connectivity index (χ1v) is 11.4. The first-order chi connectivity index (χ1) is 15.3. The molecule has 2 saturated carbocycles. The first kappa shape index (κ1) is 22.7. The molecule has 2 atom stereocenters. The smallest absolute Gasteiger partial charge is 0.341 e. The van der Waals surface area contributed by atoms with Gasteiger partial charge < -0.3 is 9.84 Å². The molecule has 32 heavy (non-hydrogen) atoms. The van der Waals surface area contributed by atoms with Gasteiger partial charge in [0.1, 0.15) is 17.4 Å². The van der Waals surface area contributed by atoms with Gasteiger partial charge in [0.05, 0.1) is 6.61 Å². The monoisotopic (exact) mass is 446 g/mol. The highest BCUT2D eigenvalue weighted by Gasteiger charge is 2.50. The van der Waals surface area contributed by atoms with Crippen LogP contribution in [-0.2, 0) is 4.79 Å². The van der Waals surface area contributed by atoms with E-state index in [2.05, 4.69) is 0 Å². The lowest BCUT2D eigenvalue weighted by molar-refractivity contribution is -0.151. The van der Waals surface area contributed by atoms with Gasteiger partial charge in [-0.05, 0) is 105 Å². The van der Waals surface area contributed by atoms with Gasteiger partial charge in [0.15, 0.2) is 0 Å². The third-order valence-electron chi connectivity index (χ3n) is 7.04. The molecule has 3 nitrogen and oxygen atoms in total. The SMILES string of the molecule is CC(F)(C(=O)O)C(c1cccc(OCC2CCC(c3cc(F)ccc3F)CC2)c1)C1CC1. The standard InChI is InChI=1S/C26H29F3O3/c1-26(29,25(30)31)24(18-9-10-18)19-3-2-4-21(13-19)32-15-16-5-7-17(8-6-16)22-14-20(27)11-12-23(22)28/h2-4,11-14,16-18,24H,5-10,15H2,1H3,(H,30,31). The maximum absolute atomic E-state index is 15.0. The molecule has 2 unspecified atom stereocenters. The van der Waals surface area contributed by atoms with Crippen LogP contribution in [0, 0.1) is 23.5 Å². The second kappa shape index (κ2) is 9.16. The molecule has 0 heterocycles. The Balaban J connectivity index is 1.36. The molecule has 0 amide bonds. The fourth-order valence-electron chi connectivity index (χ4n) is 5.07. The third kappa shape index (κ3) is 4.94. The molecule has 172 valence electrons. The van der Waals surface area contributed by atoms with E-state index in [4.69, 9.17) is 4.74 Å². The second-order valence-electron chi connectivity index (χ2n) is 9.46. The zero-order valence-electron chi connectivity index (χ0n) is 18.2. The average molecular weight is 447 g/mol. The van der Waals surface area contributed by atoms with Crippen LogP contribution in [0.25, 0.3) is 0 Å². The molecular formula is C26H29F3O3. The van der Waals surface area contributed by atoms with Crippen LogP contribution in [0.5, 0.6) is 5.75 Å². The van der Waals surface area contributed by atoms with Crippen molar-refractivity contribution in [1.29, 1.82) is 0 Å². The number of benzene rings is 2. The molecule has 0 aliphatic heterocycles. The van der Waals surface area contributed by atoms with E-state index in [1.165, 1.54) is 12.1 Å². The van der Waals surface area contributed by atoms with Crippen molar-refractivity contribution in [2.24, 2.45) is 11.8 Å². The van der Waals surface area contributed by atoms with Crippen LogP contribution >= 0.6 is 0 Å². The lowest BCUT2D eigenvalue weighted by Crippen LogP contribution is -2.38. The molecule has 0 saturated heterocycles. The number of hydrogen-bond acceptors (Lipinski definition) is 2. The second-order valence-corrected chi connectivity index (χ2v) is 9.46. The summed E-state index contributed by atoms with van der Waals surface area (Å²) in [5.74, 6) is -1.94. The number of hydrogen-bond donors (Lipinski definition) is 1. The number of alkyl halides is 1. The highest BCUT2D eigenvalue weighted by Crippen LogP contribution is 2.50. The molecule has 0 spiro atoms. The van der Waals surface area contributed by atoms with Crippen molar-refractivity contribution < 1.29 is 27.8 Å². The van der Waals surface area contributed by atoms with Gasteiger partial charge in [-0.1, -0.05) is 12.1 Å². The Morgan fingerprint density at radius 3 is 2.47 bits per heavy atom. The minimum Gasteiger partial charge on any atom is -0.493 e. The number of halogens is 3. The van der Waals surface area contributed by atoms with Gasteiger partial charge in [-0.15, -0.1) is 0 Å². The highest BCUT2D eigenvalue weighted by molar-refractivity contribution is 5.78. The molecule has 0 radical (unpaired) electrons. The van der Waals surface area contributed by atoms with Crippen LogP contribution in [0.4, 0.5) is 13.2 Å². The molecule has 2 aliphatic carbocycles. The van der Waals surface area contributed by atoms with E-state index in [-0.39, 0.29) is 17.7 Å². The Hall–Kier alpha value is -2.50. The summed E-state index contributed by atoms with van der Waals surface area (Å²) < 4.78 is 48.6. The third-order valence-corrected chi connectivity index (χ3v) is 7.04. The maximum atomic E-state index is 15.0. The van der Waals surface area contributed by atoms with Crippen molar-refractivity contribution in [3.05, 3.63) is 65.2 Å². The van der Waals surface area contributed by atoms with Gasteiger partial charge in [-0.3, -0.25) is 0 Å². The highest BCUT2D eigenvalue weighted by atomic mass is 19.1. The zero-order chi connectivity index (χ0) is 22.9. The lowest BCUT2D eigenvalue weighted by atomic mass is 9.79. The van der Waals surface area contributed by atoms with Gasteiger partial charge in [0, 0.05) is 5.92 Å². The number of carboxylic acids is 1. The lowest BCUT2D eigenvalue weighted by Gasteiger charge is -2.29. The van der Waals surface area contributed by atoms with Crippen molar-refractivity contribution in [3.63, 3.8) is 0 Å². The number of carboxylic acid groups (broad SMARTS) is 1. The number of carbonyl (C=O) groups is 1. The fourth-order valence-corrected chi connectivity index (χ4v) is 5.07. The summed E-state index contributed by atoms with van der Waals surface area (Å²) in [6.07, 6.45) is 4.92. The van der Waals surface area contributed by atoms with Crippen molar-refractivity contribution in [2.45, 2.75) is 63.0 Å². The van der Waals surface area contributed by atoms with Crippen LogP contribution < -0.4 is 4.74 Å². The van der Waals surface area contributed by atoms with E-state index in [1.54, 1.807) is 24.3 Å². The molecule has 2 aliphatic rings. The molecule has 4 rings (SSSR count). The Labute approximate surface area is 186 Å². The summed E-state index contributed by atoms with van der Waals surface area (Å²) in [6.45, 7) is 1.63. The molecule has 2 aromatic carbocycles. The van der Waals surface area contributed by atoms with Gasteiger partial charge in [0.25, 0.3) is 0 Å². The topological polar surface area (TPSA) is 46.5 Å². The predicted molar refractivity (Wildman–Crippen MR) is 116 cm³/mol. The minimum atomic E-state index is -2.33. The number of rotatable bonds is 8. The van der Waals surface area contributed by atoms with Crippen LogP contribution in [0.15, 0.2) is 42.5 Å². The largest absolute Gasteiger partial charge is 0.493 e. The summed E-state index contributed by atoms with van der Waals surface area (Å²) >= 11 is 0. The van der Waals surface area contributed by atoms with Crippen molar-refractivity contribution >= 4 is 5.97 Å². The van der Waals surface area contributed by atoms with E-state index >= 15 is 4.39 Å². The van der Waals surface area contributed by atoms with Gasteiger partial charge >= 0.3 is 5.97 Å². The summed E-state index contributed by atoms with van der Waals surface area (Å²) in [5, 5.41) is 9.38. The molecule has 6 heteroatoms. The molecule has 2 aromatic rings. The summed E-state index contributed by atoms with van der Waals surface area (Å²) in [7, 11) is 0. The molecule has 2 fully saturated rings. The van der Waals surface area contributed by atoms with Crippen LogP contribution in [0.2, 0.25) is 0 Å². The Morgan fingerprint density at radius 2 is 1.81 bits per heavy atom. The van der Waals surface area contributed by atoms with Crippen LogP contribution in [0.1, 0.15) is 68.4 Å². The van der Waals surface area contributed by atoms with Gasteiger partial charge in [0.2, 0.25) is 5.67 Å². The van der Waals surface area contributed by atoms with E-state index < -0.39 is 23.4 Å². The quantitative estimate of drug-likeness (QED) is 0.495. The van der Waals surface area contributed by atoms with E-state index in [0.717, 1.165) is 51.5 Å². The van der Waals surface area contributed by atoms with E-state index in [1.807, 2.05) is 0 Å². The van der Waals surface area contributed by atoms with Crippen LogP contribution in [0.3, 0.4) is 0 Å². The molecule has 0 aromatic heterocycles. The zero-order valence-corrected chi connectivity index (χ0v) is 18.2. The average Bonchev–Trinajstić information content (AvgIpc) is 3.59. The summed E-state index contributed by atoms with van der Waals surface area (Å²) in [5.41, 5.74) is -1.22. The fraction of sp³-hybridized carbons (Fsp3) is 0.500. The summed E-state index contributed by atoms with van der Waals surface area (Å²) in [4.78, 5) is 11.5. The Morgan fingerprint density at radius 1 is 1.09 bits per heavy atom. The Bertz CT molecular complexity index is 963. The number of aliphatic carboxylic acids is 1. The Kier molecular flexibility index (Phi) is 6.50. The molecule has 1 N–H and O–H groups in total. The molecule has 0 bridgehead atoms. The maximum Gasteiger partial charge on any atom is 0.341 e. The van der Waals surface area contributed by atoms with Gasteiger partial charge in [-0.25, -0.2) is 18.0 Å². The minimum absolute atomic E-state index is 0.0165. The van der Waals surface area contributed by atoms with Gasteiger partial charge in [-0.2, -0.15) is 0 Å². The predicted octanol–water partition coefficient (Wildman–Crippen LogP) is 6.62. The summed E-state index contributed by atoms with van der Waals surface area (Å²) in [6, 6.07) is 10.7.